The highest BCUT2D eigenvalue weighted by Crippen LogP contribution is 2.26. The molecule has 0 bridgehead atoms. The molecule has 1 aliphatic heterocycles. The molecular formula is C11H26ClN3O2S. The van der Waals surface area contributed by atoms with Gasteiger partial charge in [-0.15, -0.1) is 12.4 Å². The van der Waals surface area contributed by atoms with Crippen molar-refractivity contribution in [3.8, 4) is 0 Å². The minimum atomic E-state index is -3.30. The van der Waals surface area contributed by atoms with Gasteiger partial charge in [0.15, 0.2) is 0 Å². The topological polar surface area (TPSA) is 61.4 Å². The first kappa shape index (κ1) is 18.1. The average Bonchev–Trinajstić information content (AvgIpc) is 2.29. The summed E-state index contributed by atoms with van der Waals surface area (Å²) in [5.41, 5.74) is 0.0888. The van der Waals surface area contributed by atoms with Crippen molar-refractivity contribution in [2.24, 2.45) is 5.41 Å². The Kier molecular flexibility index (Phi) is 7.70. The zero-order valence-corrected chi connectivity index (χ0v) is 13.2. The van der Waals surface area contributed by atoms with E-state index in [4.69, 9.17) is 0 Å². The SMILES string of the molecule is CCN(CC)S(=O)(=O)NCC1(C)CCNCC1.Cl. The second kappa shape index (κ2) is 7.65. The van der Waals surface area contributed by atoms with Gasteiger partial charge in [0, 0.05) is 19.6 Å². The molecule has 2 N–H and O–H groups in total. The predicted octanol–water partition coefficient (Wildman–Crippen LogP) is 0.974. The third-order valence-electron chi connectivity index (χ3n) is 3.54. The summed E-state index contributed by atoms with van der Waals surface area (Å²) in [5.74, 6) is 0. The van der Waals surface area contributed by atoms with Crippen molar-refractivity contribution < 1.29 is 8.42 Å². The molecule has 7 heteroatoms. The number of nitrogens with zero attached hydrogens (tertiary/aromatic N) is 1. The summed E-state index contributed by atoms with van der Waals surface area (Å²) in [7, 11) is -3.30. The minimum Gasteiger partial charge on any atom is -0.317 e. The second-order valence-electron chi connectivity index (χ2n) is 4.97. The van der Waals surface area contributed by atoms with Crippen LogP contribution in [-0.4, -0.2) is 45.4 Å². The Balaban J connectivity index is 0.00000289. The molecule has 0 aromatic rings. The summed E-state index contributed by atoms with van der Waals surface area (Å²) in [6.07, 6.45) is 2.04. The number of piperidine rings is 1. The number of hydrogen-bond donors (Lipinski definition) is 2. The molecule has 1 aliphatic rings. The number of hydrogen-bond acceptors (Lipinski definition) is 3. The summed E-state index contributed by atoms with van der Waals surface area (Å²) in [6, 6.07) is 0. The lowest BCUT2D eigenvalue weighted by molar-refractivity contribution is 0.230. The zero-order valence-electron chi connectivity index (χ0n) is 11.5. The van der Waals surface area contributed by atoms with E-state index in [0.29, 0.717) is 19.6 Å². The van der Waals surface area contributed by atoms with Crippen LogP contribution in [-0.2, 0) is 10.2 Å². The van der Waals surface area contributed by atoms with Gasteiger partial charge in [-0.25, -0.2) is 4.72 Å². The van der Waals surface area contributed by atoms with E-state index in [1.165, 1.54) is 4.31 Å². The van der Waals surface area contributed by atoms with Gasteiger partial charge in [0.2, 0.25) is 0 Å². The van der Waals surface area contributed by atoms with Crippen LogP contribution in [0.1, 0.15) is 33.6 Å². The van der Waals surface area contributed by atoms with E-state index in [9.17, 15) is 8.42 Å². The van der Waals surface area contributed by atoms with E-state index in [1.807, 2.05) is 13.8 Å². The molecule has 0 atom stereocenters. The van der Waals surface area contributed by atoms with Gasteiger partial charge in [-0.1, -0.05) is 20.8 Å². The Morgan fingerprint density at radius 3 is 2.17 bits per heavy atom. The lowest BCUT2D eigenvalue weighted by atomic mass is 9.81. The molecule has 110 valence electrons. The van der Waals surface area contributed by atoms with E-state index in [-0.39, 0.29) is 17.8 Å². The fourth-order valence-electron chi connectivity index (χ4n) is 2.13. The first-order valence-corrected chi connectivity index (χ1v) is 7.83. The van der Waals surface area contributed by atoms with Crippen molar-refractivity contribution in [3.63, 3.8) is 0 Å². The highest BCUT2D eigenvalue weighted by atomic mass is 35.5. The summed E-state index contributed by atoms with van der Waals surface area (Å²) >= 11 is 0. The molecule has 0 spiro atoms. The largest absolute Gasteiger partial charge is 0.317 e. The number of halogens is 1. The monoisotopic (exact) mass is 299 g/mol. The van der Waals surface area contributed by atoms with Crippen molar-refractivity contribution in [2.75, 3.05) is 32.7 Å². The molecule has 0 amide bonds. The van der Waals surface area contributed by atoms with Gasteiger partial charge in [0.25, 0.3) is 10.2 Å². The van der Waals surface area contributed by atoms with Gasteiger partial charge in [0.05, 0.1) is 0 Å². The van der Waals surface area contributed by atoms with Crippen LogP contribution in [0, 0.1) is 5.41 Å². The van der Waals surface area contributed by atoms with Gasteiger partial charge < -0.3 is 5.32 Å². The normalized spacial score (nSPS) is 19.6. The molecule has 0 saturated carbocycles. The lowest BCUT2D eigenvalue weighted by Crippen LogP contribution is -2.47. The molecule has 0 aromatic heterocycles. The van der Waals surface area contributed by atoms with Crippen molar-refractivity contribution in [2.45, 2.75) is 33.6 Å². The third-order valence-corrected chi connectivity index (χ3v) is 5.24. The quantitative estimate of drug-likeness (QED) is 0.768. The smallest absolute Gasteiger partial charge is 0.279 e. The van der Waals surface area contributed by atoms with Gasteiger partial charge in [-0.05, 0) is 31.3 Å². The standard InChI is InChI=1S/C11H25N3O2S.ClH/c1-4-14(5-2)17(15,16)13-10-11(3)6-8-12-9-7-11;/h12-13H,4-10H2,1-3H3;1H. The van der Waals surface area contributed by atoms with E-state index < -0.39 is 10.2 Å². The Labute approximate surface area is 117 Å². The highest BCUT2D eigenvalue weighted by Gasteiger charge is 2.29. The minimum absolute atomic E-state index is 0. The Morgan fingerprint density at radius 1 is 1.22 bits per heavy atom. The third kappa shape index (κ3) is 5.01. The fourth-order valence-corrected chi connectivity index (χ4v) is 3.52. The molecule has 5 nitrogen and oxygen atoms in total. The second-order valence-corrected chi connectivity index (χ2v) is 6.73. The molecule has 0 unspecified atom stereocenters. The maximum Gasteiger partial charge on any atom is 0.279 e. The summed E-state index contributed by atoms with van der Waals surface area (Å²) in [4.78, 5) is 0. The van der Waals surface area contributed by atoms with Crippen LogP contribution in [0.2, 0.25) is 0 Å². The number of nitrogens with one attached hydrogen (secondary N) is 2. The van der Waals surface area contributed by atoms with Crippen LogP contribution in [0.4, 0.5) is 0 Å². The molecular weight excluding hydrogens is 274 g/mol. The highest BCUT2D eigenvalue weighted by molar-refractivity contribution is 7.87. The van der Waals surface area contributed by atoms with Crippen LogP contribution < -0.4 is 10.0 Å². The van der Waals surface area contributed by atoms with Gasteiger partial charge in [-0.2, -0.15) is 12.7 Å². The maximum atomic E-state index is 12.0. The molecule has 1 saturated heterocycles. The van der Waals surface area contributed by atoms with E-state index in [0.717, 1.165) is 25.9 Å². The molecule has 1 heterocycles. The predicted molar refractivity (Wildman–Crippen MR) is 77.3 cm³/mol. The molecule has 1 rings (SSSR count). The van der Waals surface area contributed by atoms with Crippen LogP contribution in [0.25, 0.3) is 0 Å². The van der Waals surface area contributed by atoms with Crippen molar-refractivity contribution >= 4 is 22.6 Å². The summed E-state index contributed by atoms with van der Waals surface area (Å²) in [6.45, 7) is 9.39. The first-order chi connectivity index (χ1) is 7.93. The summed E-state index contributed by atoms with van der Waals surface area (Å²) < 4.78 is 28.2. The Morgan fingerprint density at radius 2 is 1.72 bits per heavy atom. The molecule has 18 heavy (non-hydrogen) atoms. The molecule has 0 radical (unpaired) electrons. The van der Waals surface area contributed by atoms with Crippen LogP contribution >= 0.6 is 12.4 Å². The van der Waals surface area contributed by atoms with Crippen LogP contribution in [0.15, 0.2) is 0 Å². The zero-order chi connectivity index (χ0) is 12.9. The van der Waals surface area contributed by atoms with E-state index in [2.05, 4.69) is 17.0 Å². The fraction of sp³-hybridized carbons (Fsp3) is 1.00. The molecule has 0 aromatic carbocycles. The average molecular weight is 300 g/mol. The van der Waals surface area contributed by atoms with Crippen LogP contribution in [0.3, 0.4) is 0 Å². The van der Waals surface area contributed by atoms with E-state index >= 15 is 0 Å². The molecule has 1 fully saturated rings. The Bertz CT molecular complexity index is 325. The van der Waals surface area contributed by atoms with Crippen molar-refractivity contribution in [1.82, 2.24) is 14.3 Å². The van der Waals surface area contributed by atoms with Crippen molar-refractivity contribution in [1.29, 1.82) is 0 Å². The maximum absolute atomic E-state index is 12.0. The van der Waals surface area contributed by atoms with Gasteiger partial charge in [0.1, 0.15) is 0 Å². The van der Waals surface area contributed by atoms with Crippen molar-refractivity contribution in [3.05, 3.63) is 0 Å². The van der Waals surface area contributed by atoms with Gasteiger partial charge >= 0.3 is 0 Å². The van der Waals surface area contributed by atoms with Gasteiger partial charge in [-0.3, -0.25) is 0 Å². The lowest BCUT2D eigenvalue weighted by Gasteiger charge is -2.34. The first-order valence-electron chi connectivity index (χ1n) is 6.39. The summed E-state index contributed by atoms with van der Waals surface area (Å²) in [5, 5.41) is 3.29. The van der Waals surface area contributed by atoms with E-state index in [1.54, 1.807) is 0 Å². The molecule has 0 aliphatic carbocycles. The number of rotatable bonds is 6. The Hall–Kier alpha value is 0.120. The van der Waals surface area contributed by atoms with Crippen LogP contribution in [0.5, 0.6) is 0 Å².